The van der Waals surface area contributed by atoms with Crippen molar-refractivity contribution in [3.05, 3.63) is 52.2 Å². The highest BCUT2D eigenvalue weighted by Crippen LogP contribution is 2.27. The third-order valence-electron chi connectivity index (χ3n) is 2.72. The number of hydrogen-bond donors (Lipinski definition) is 1. The number of thiophene rings is 1. The number of halogens is 1. The number of amides is 1. The van der Waals surface area contributed by atoms with Crippen LogP contribution < -0.4 is 5.32 Å². The van der Waals surface area contributed by atoms with E-state index in [1.165, 1.54) is 24.3 Å². The lowest BCUT2D eigenvalue weighted by molar-refractivity contribution is 0.0531. The van der Waals surface area contributed by atoms with Crippen LogP contribution in [0.3, 0.4) is 0 Å². The van der Waals surface area contributed by atoms with Gasteiger partial charge < -0.3 is 10.1 Å². The minimum Gasteiger partial charge on any atom is -0.462 e. The Kier molecular flexibility index (Phi) is 4.70. The number of carbonyl (C=O) groups is 2. The summed E-state index contributed by atoms with van der Waals surface area (Å²) < 4.78 is 17.8. The fourth-order valence-corrected chi connectivity index (χ4v) is 2.69. The summed E-state index contributed by atoms with van der Waals surface area (Å²) in [4.78, 5) is 24.2. The lowest BCUT2D eigenvalue weighted by Gasteiger charge is -2.02. The third-order valence-corrected chi connectivity index (χ3v) is 3.85. The number of aryl methyl sites for hydroxylation is 1. The van der Waals surface area contributed by atoms with Crippen molar-refractivity contribution < 1.29 is 18.7 Å². The number of hydrogen-bond acceptors (Lipinski definition) is 4. The van der Waals surface area contributed by atoms with E-state index in [0.717, 1.165) is 16.9 Å². The highest BCUT2D eigenvalue weighted by Gasteiger charge is 2.16. The van der Waals surface area contributed by atoms with Gasteiger partial charge in [-0.15, -0.1) is 11.3 Å². The van der Waals surface area contributed by atoms with Crippen LogP contribution in [-0.4, -0.2) is 18.5 Å². The highest BCUT2D eigenvalue weighted by atomic mass is 32.1. The first-order chi connectivity index (χ1) is 10.0. The molecule has 1 N–H and O–H groups in total. The number of nitrogens with one attached hydrogen (secondary N) is 1. The quantitative estimate of drug-likeness (QED) is 0.878. The van der Waals surface area contributed by atoms with Gasteiger partial charge in [0.25, 0.3) is 5.91 Å². The molecule has 0 aliphatic carbocycles. The average Bonchev–Trinajstić information content (AvgIpc) is 2.80. The molecule has 0 bridgehead atoms. The Morgan fingerprint density at radius 1 is 1.29 bits per heavy atom. The largest absolute Gasteiger partial charge is 0.462 e. The maximum Gasteiger partial charge on any atom is 0.348 e. The topological polar surface area (TPSA) is 55.4 Å². The van der Waals surface area contributed by atoms with Gasteiger partial charge in [0, 0.05) is 5.56 Å². The van der Waals surface area contributed by atoms with Crippen LogP contribution in [0.5, 0.6) is 0 Å². The van der Waals surface area contributed by atoms with Gasteiger partial charge in [-0.1, -0.05) is 0 Å². The molecule has 0 aliphatic heterocycles. The van der Waals surface area contributed by atoms with Crippen molar-refractivity contribution >= 4 is 28.2 Å². The zero-order chi connectivity index (χ0) is 15.4. The molecule has 21 heavy (non-hydrogen) atoms. The fourth-order valence-electron chi connectivity index (χ4n) is 1.73. The molecule has 2 rings (SSSR count). The summed E-state index contributed by atoms with van der Waals surface area (Å²) in [5, 5.41) is 3.23. The predicted octanol–water partition coefficient (Wildman–Crippen LogP) is 3.62. The Balaban J connectivity index is 2.13. The highest BCUT2D eigenvalue weighted by molar-refractivity contribution is 7.18. The molecule has 2 aromatic rings. The Morgan fingerprint density at radius 2 is 1.95 bits per heavy atom. The van der Waals surface area contributed by atoms with Crippen LogP contribution in [0.2, 0.25) is 0 Å². The zero-order valence-corrected chi connectivity index (χ0v) is 12.4. The smallest absolute Gasteiger partial charge is 0.348 e. The molecule has 4 nitrogen and oxygen atoms in total. The molecular weight excluding hydrogens is 293 g/mol. The molecule has 0 saturated carbocycles. The van der Waals surface area contributed by atoms with Gasteiger partial charge in [0.05, 0.1) is 11.6 Å². The van der Waals surface area contributed by atoms with E-state index in [2.05, 4.69) is 5.32 Å². The van der Waals surface area contributed by atoms with E-state index in [0.29, 0.717) is 22.0 Å². The van der Waals surface area contributed by atoms with Crippen LogP contribution in [0.25, 0.3) is 0 Å². The molecule has 0 fully saturated rings. The summed E-state index contributed by atoms with van der Waals surface area (Å²) in [6.45, 7) is 3.81. The standard InChI is InChI=1S/C15H14FNO3S/c1-3-20-15(19)13-9(2)8-12(21-13)17-14(18)10-4-6-11(16)7-5-10/h4-8H,3H2,1-2H3,(H,17,18). The summed E-state index contributed by atoms with van der Waals surface area (Å²) >= 11 is 1.15. The van der Waals surface area contributed by atoms with Crippen molar-refractivity contribution in [3.63, 3.8) is 0 Å². The molecule has 0 spiro atoms. The summed E-state index contributed by atoms with van der Waals surface area (Å²) in [5.74, 6) is -1.16. The molecule has 6 heteroatoms. The van der Waals surface area contributed by atoms with Crippen LogP contribution in [0.15, 0.2) is 30.3 Å². The van der Waals surface area contributed by atoms with E-state index < -0.39 is 11.8 Å². The third kappa shape index (κ3) is 3.66. The molecule has 110 valence electrons. The molecular formula is C15H14FNO3S. The van der Waals surface area contributed by atoms with Crippen molar-refractivity contribution in [1.82, 2.24) is 0 Å². The summed E-state index contributed by atoms with van der Waals surface area (Å²) in [6.07, 6.45) is 0. The van der Waals surface area contributed by atoms with E-state index in [1.807, 2.05) is 0 Å². The number of esters is 1. The number of anilines is 1. The van der Waals surface area contributed by atoms with Crippen LogP contribution in [0, 0.1) is 12.7 Å². The van der Waals surface area contributed by atoms with Crippen LogP contribution >= 0.6 is 11.3 Å². The maximum atomic E-state index is 12.8. The molecule has 0 unspecified atom stereocenters. The van der Waals surface area contributed by atoms with Gasteiger partial charge in [0.1, 0.15) is 10.7 Å². The van der Waals surface area contributed by atoms with Crippen LogP contribution in [-0.2, 0) is 4.74 Å². The summed E-state index contributed by atoms with van der Waals surface area (Å²) in [5.41, 5.74) is 1.09. The Morgan fingerprint density at radius 3 is 2.57 bits per heavy atom. The Bertz CT molecular complexity index is 664. The van der Waals surface area contributed by atoms with E-state index in [1.54, 1.807) is 19.9 Å². The van der Waals surface area contributed by atoms with E-state index in [-0.39, 0.29) is 5.91 Å². The second kappa shape index (κ2) is 6.49. The normalized spacial score (nSPS) is 10.2. The number of rotatable bonds is 4. The molecule has 0 saturated heterocycles. The van der Waals surface area contributed by atoms with E-state index >= 15 is 0 Å². The van der Waals surface area contributed by atoms with Crippen LogP contribution in [0.4, 0.5) is 9.39 Å². The molecule has 1 amide bonds. The summed E-state index contributed by atoms with van der Waals surface area (Å²) in [7, 11) is 0. The van der Waals surface area contributed by atoms with E-state index in [9.17, 15) is 14.0 Å². The molecule has 0 atom stereocenters. The second-order valence-electron chi connectivity index (χ2n) is 4.30. The van der Waals surface area contributed by atoms with Gasteiger partial charge >= 0.3 is 5.97 Å². The molecule has 0 radical (unpaired) electrons. The number of benzene rings is 1. The molecule has 1 aromatic heterocycles. The number of ether oxygens (including phenoxy) is 1. The van der Waals surface area contributed by atoms with Crippen LogP contribution in [0.1, 0.15) is 32.5 Å². The van der Waals surface area contributed by atoms with Crippen molar-refractivity contribution in [2.45, 2.75) is 13.8 Å². The van der Waals surface area contributed by atoms with Crippen molar-refractivity contribution in [2.75, 3.05) is 11.9 Å². The molecule has 1 aromatic carbocycles. The summed E-state index contributed by atoms with van der Waals surface area (Å²) in [6, 6.07) is 6.95. The zero-order valence-electron chi connectivity index (χ0n) is 11.6. The average molecular weight is 307 g/mol. The SMILES string of the molecule is CCOC(=O)c1sc(NC(=O)c2ccc(F)cc2)cc1C. The van der Waals surface area contributed by atoms with Gasteiger partial charge in [0.2, 0.25) is 0 Å². The first-order valence-electron chi connectivity index (χ1n) is 6.35. The Hall–Kier alpha value is -2.21. The van der Waals surface area contributed by atoms with Gasteiger partial charge in [-0.2, -0.15) is 0 Å². The first-order valence-corrected chi connectivity index (χ1v) is 7.17. The van der Waals surface area contributed by atoms with Crippen molar-refractivity contribution in [2.24, 2.45) is 0 Å². The fraction of sp³-hybridized carbons (Fsp3) is 0.200. The molecule has 0 aliphatic rings. The van der Waals surface area contributed by atoms with E-state index in [4.69, 9.17) is 4.74 Å². The Labute approximate surface area is 125 Å². The van der Waals surface area contributed by atoms with Gasteiger partial charge in [-0.3, -0.25) is 4.79 Å². The van der Waals surface area contributed by atoms with Gasteiger partial charge in [0.15, 0.2) is 0 Å². The van der Waals surface area contributed by atoms with Crippen molar-refractivity contribution in [1.29, 1.82) is 0 Å². The minimum atomic E-state index is -0.401. The minimum absolute atomic E-state index is 0.299. The first kappa shape index (κ1) is 15.2. The predicted molar refractivity (Wildman–Crippen MR) is 79.4 cm³/mol. The number of carbonyl (C=O) groups excluding carboxylic acids is 2. The lowest BCUT2D eigenvalue weighted by Crippen LogP contribution is -2.10. The molecule has 1 heterocycles. The second-order valence-corrected chi connectivity index (χ2v) is 5.36. The van der Waals surface area contributed by atoms with Crippen molar-refractivity contribution in [3.8, 4) is 0 Å². The van der Waals surface area contributed by atoms with Gasteiger partial charge in [-0.05, 0) is 49.7 Å². The maximum absolute atomic E-state index is 12.8. The monoisotopic (exact) mass is 307 g/mol. The lowest BCUT2D eigenvalue weighted by atomic mass is 10.2. The van der Waals surface area contributed by atoms with Gasteiger partial charge in [-0.25, -0.2) is 9.18 Å².